The minimum absolute atomic E-state index is 0.0483. The SMILES string of the molecule is O=[N+]([O-])c1cccc(Cl)c1N1CCC(CCO)C1. The van der Waals surface area contributed by atoms with E-state index in [-0.39, 0.29) is 12.3 Å². The third kappa shape index (κ3) is 2.57. The highest BCUT2D eigenvalue weighted by Gasteiger charge is 2.28. The molecule has 18 heavy (non-hydrogen) atoms. The first kappa shape index (κ1) is 13.1. The average Bonchev–Trinajstić information content (AvgIpc) is 2.77. The summed E-state index contributed by atoms with van der Waals surface area (Å²) in [5, 5.41) is 20.4. The molecule has 1 N–H and O–H groups in total. The number of nitro groups is 1. The highest BCUT2D eigenvalue weighted by atomic mass is 35.5. The lowest BCUT2D eigenvalue weighted by Gasteiger charge is -2.19. The van der Waals surface area contributed by atoms with Gasteiger partial charge in [-0.15, -0.1) is 0 Å². The summed E-state index contributed by atoms with van der Waals surface area (Å²) in [6, 6.07) is 4.73. The van der Waals surface area contributed by atoms with E-state index in [0.29, 0.717) is 23.2 Å². The molecule has 1 atom stereocenters. The van der Waals surface area contributed by atoms with Crippen LogP contribution in [0.1, 0.15) is 12.8 Å². The molecule has 1 aromatic rings. The zero-order valence-corrected chi connectivity index (χ0v) is 10.6. The number of rotatable bonds is 4. The van der Waals surface area contributed by atoms with Gasteiger partial charge in [-0.3, -0.25) is 10.1 Å². The van der Waals surface area contributed by atoms with E-state index in [2.05, 4.69) is 0 Å². The van der Waals surface area contributed by atoms with Crippen molar-refractivity contribution in [1.29, 1.82) is 0 Å². The van der Waals surface area contributed by atoms with Crippen molar-refractivity contribution in [2.24, 2.45) is 5.92 Å². The predicted molar refractivity (Wildman–Crippen MR) is 70.1 cm³/mol. The Morgan fingerprint density at radius 1 is 1.56 bits per heavy atom. The number of para-hydroxylation sites is 1. The monoisotopic (exact) mass is 270 g/mol. The summed E-state index contributed by atoms with van der Waals surface area (Å²) in [4.78, 5) is 12.6. The van der Waals surface area contributed by atoms with Crippen molar-refractivity contribution < 1.29 is 10.0 Å². The molecule has 1 fully saturated rings. The van der Waals surface area contributed by atoms with Crippen LogP contribution >= 0.6 is 11.6 Å². The Labute approximate surface area is 110 Å². The third-order valence-corrected chi connectivity index (χ3v) is 3.61. The molecular weight excluding hydrogens is 256 g/mol. The van der Waals surface area contributed by atoms with E-state index < -0.39 is 4.92 Å². The molecule has 5 nitrogen and oxygen atoms in total. The summed E-state index contributed by atoms with van der Waals surface area (Å²) in [5.74, 6) is 0.380. The smallest absolute Gasteiger partial charge is 0.294 e. The topological polar surface area (TPSA) is 66.6 Å². The van der Waals surface area contributed by atoms with Crippen LogP contribution in [0.15, 0.2) is 18.2 Å². The van der Waals surface area contributed by atoms with Gasteiger partial charge in [0.2, 0.25) is 0 Å². The van der Waals surface area contributed by atoms with Crippen LogP contribution in [0, 0.1) is 16.0 Å². The molecule has 0 radical (unpaired) electrons. The molecule has 0 aromatic heterocycles. The molecule has 1 aromatic carbocycles. The first-order valence-electron chi connectivity index (χ1n) is 5.92. The summed E-state index contributed by atoms with van der Waals surface area (Å²) in [7, 11) is 0. The van der Waals surface area contributed by atoms with Crippen LogP contribution < -0.4 is 4.90 Å². The number of hydrogen-bond acceptors (Lipinski definition) is 4. The maximum Gasteiger partial charge on any atom is 0.294 e. The molecule has 1 unspecified atom stereocenters. The van der Waals surface area contributed by atoms with Gasteiger partial charge in [-0.05, 0) is 24.8 Å². The number of benzene rings is 1. The summed E-state index contributed by atoms with van der Waals surface area (Å²) in [6.07, 6.45) is 1.66. The number of nitrogens with zero attached hydrogens (tertiary/aromatic N) is 2. The number of aliphatic hydroxyl groups is 1. The fourth-order valence-corrected chi connectivity index (χ4v) is 2.71. The van der Waals surface area contributed by atoms with E-state index in [9.17, 15) is 10.1 Å². The van der Waals surface area contributed by atoms with E-state index in [0.717, 1.165) is 19.4 Å². The molecule has 1 heterocycles. The molecule has 1 saturated heterocycles. The summed E-state index contributed by atoms with van der Waals surface area (Å²) < 4.78 is 0. The number of hydrogen-bond donors (Lipinski definition) is 1. The largest absolute Gasteiger partial charge is 0.396 e. The van der Waals surface area contributed by atoms with Gasteiger partial charge in [-0.2, -0.15) is 0 Å². The van der Waals surface area contributed by atoms with E-state index in [4.69, 9.17) is 16.7 Å². The van der Waals surface area contributed by atoms with E-state index in [1.807, 2.05) is 4.90 Å². The van der Waals surface area contributed by atoms with Crippen molar-refractivity contribution in [2.45, 2.75) is 12.8 Å². The molecule has 98 valence electrons. The second-order valence-corrected chi connectivity index (χ2v) is 4.88. The van der Waals surface area contributed by atoms with E-state index in [1.165, 1.54) is 6.07 Å². The number of nitro benzene ring substituents is 1. The Morgan fingerprint density at radius 3 is 3.00 bits per heavy atom. The first-order valence-corrected chi connectivity index (χ1v) is 6.30. The van der Waals surface area contributed by atoms with Crippen LogP contribution in [-0.4, -0.2) is 29.7 Å². The molecule has 0 bridgehead atoms. The molecule has 6 heteroatoms. The van der Waals surface area contributed by atoms with Gasteiger partial charge in [0, 0.05) is 25.8 Å². The minimum atomic E-state index is -0.402. The van der Waals surface area contributed by atoms with Crippen LogP contribution in [0.2, 0.25) is 5.02 Å². The second-order valence-electron chi connectivity index (χ2n) is 4.48. The molecule has 2 rings (SSSR count). The molecule has 1 aliphatic rings. The highest BCUT2D eigenvalue weighted by molar-refractivity contribution is 6.33. The lowest BCUT2D eigenvalue weighted by atomic mass is 10.1. The fraction of sp³-hybridized carbons (Fsp3) is 0.500. The standard InChI is InChI=1S/C12H15ClN2O3/c13-10-2-1-3-11(15(17)18)12(10)14-6-4-9(8-14)5-7-16/h1-3,9,16H,4-8H2. The van der Waals surface area contributed by atoms with Crippen molar-refractivity contribution in [3.05, 3.63) is 33.3 Å². The van der Waals surface area contributed by atoms with Crippen molar-refractivity contribution >= 4 is 23.0 Å². The second kappa shape index (κ2) is 5.54. The Hall–Kier alpha value is -1.33. The van der Waals surface area contributed by atoms with Gasteiger partial charge < -0.3 is 10.0 Å². The summed E-state index contributed by atoms with van der Waals surface area (Å²) >= 11 is 6.08. The predicted octanol–water partition coefficient (Wildman–Crippen LogP) is 2.46. The molecule has 1 aliphatic heterocycles. The van der Waals surface area contributed by atoms with E-state index >= 15 is 0 Å². The zero-order chi connectivity index (χ0) is 13.1. The third-order valence-electron chi connectivity index (χ3n) is 3.30. The minimum Gasteiger partial charge on any atom is -0.396 e. The maximum absolute atomic E-state index is 11.0. The van der Waals surface area contributed by atoms with Gasteiger partial charge in [0.25, 0.3) is 5.69 Å². The van der Waals surface area contributed by atoms with Crippen molar-refractivity contribution in [3.8, 4) is 0 Å². The number of aliphatic hydroxyl groups excluding tert-OH is 1. The Balaban J connectivity index is 2.26. The van der Waals surface area contributed by atoms with Crippen LogP contribution in [-0.2, 0) is 0 Å². The van der Waals surface area contributed by atoms with E-state index in [1.54, 1.807) is 12.1 Å². The summed E-state index contributed by atoms with van der Waals surface area (Å²) in [6.45, 7) is 1.61. The summed E-state index contributed by atoms with van der Waals surface area (Å²) in [5.41, 5.74) is 0.553. The average molecular weight is 271 g/mol. The van der Waals surface area contributed by atoms with Crippen LogP contribution in [0.3, 0.4) is 0 Å². The van der Waals surface area contributed by atoms with Crippen molar-refractivity contribution in [3.63, 3.8) is 0 Å². The van der Waals surface area contributed by atoms with Crippen LogP contribution in [0.5, 0.6) is 0 Å². The number of anilines is 1. The molecule has 0 aliphatic carbocycles. The normalized spacial score (nSPS) is 19.2. The molecule has 0 saturated carbocycles. The lowest BCUT2D eigenvalue weighted by molar-refractivity contribution is -0.384. The Bertz CT molecular complexity index is 453. The molecule has 0 amide bonds. The van der Waals surface area contributed by atoms with Crippen molar-refractivity contribution in [1.82, 2.24) is 0 Å². The van der Waals surface area contributed by atoms with Gasteiger partial charge in [-0.1, -0.05) is 17.7 Å². The van der Waals surface area contributed by atoms with Crippen LogP contribution in [0.4, 0.5) is 11.4 Å². The van der Waals surface area contributed by atoms with Crippen molar-refractivity contribution in [2.75, 3.05) is 24.6 Å². The highest BCUT2D eigenvalue weighted by Crippen LogP contribution is 2.38. The quantitative estimate of drug-likeness (QED) is 0.674. The Morgan fingerprint density at radius 2 is 2.33 bits per heavy atom. The lowest BCUT2D eigenvalue weighted by Crippen LogP contribution is -2.21. The van der Waals surface area contributed by atoms with Gasteiger partial charge in [-0.25, -0.2) is 0 Å². The first-order chi connectivity index (χ1) is 8.63. The number of halogens is 1. The molecule has 0 spiro atoms. The van der Waals surface area contributed by atoms with Gasteiger partial charge >= 0.3 is 0 Å². The molecular formula is C12H15ClN2O3. The Kier molecular flexibility index (Phi) is 4.04. The van der Waals surface area contributed by atoms with Gasteiger partial charge in [0.1, 0.15) is 5.69 Å². The fourth-order valence-electron chi connectivity index (χ4n) is 2.42. The van der Waals surface area contributed by atoms with Gasteiger partial charge in [0.05, 0.1) is 9.95 Å². The zero-order valence-electron chi connectivity index (χ0n) is 9.88. The van der Waals surface area contributed by atoms with Gasteiger partial charge in [0.15, 0.2) is 0 Å². The van der Waals surface area contributed by atoms with Crippen LogP contribution in [0.25, 0.3) is 0 Å². The maximum atomic E-state index is 11.0.